The van der Waals surface area contributed by atoms with E-state index in [0.29, 0.717) is 6.42 Å². The molecule has 0 atom stereocenters. The number of hydrogen-bond acceptors (Lipinski definition) is 2. The first kappa shape index (κ1) is 13.1. The van der Waals surface area contributed by atoms with Crippen molar-refractivity contribution >= 4 is 11.6 Å². The van der Waals surface area contributed by atoms with Crippen LogP contribution in [-0.4, -0.2) is 15.5 Å². The standard InChI is InChI=1S/C17H15N3O/c21-17(12-14-6-2-1-3-7-14)19-15-8-4-5-9-16(15)20-11-10-18-13-20/h1-11,13H,12H2,(H,19,21). The van der Waals surface area contributed by atoms with Crippen molar-refractivity contribution in [1.82, 2.24) is 9.55 Å². The number of nitrogens with zero attached hydrogens (tertiary/aromatic N) is 2. The number of carbonyl (C=O) groups is 1. The molecule has 21 heavy (non-hydrogen) atoms. The summed E-state index contributed by atoms with van der Waals surface area (Å²) in [6, 6.07) is 17.4. The van der Waals surface area contributed by atoms with Crippen LogP contribution in [0.25, 0.3) is 5.69 Å². The fourth-order valence-corrected chi connectivity index (χ4v) is 2.18. The molecule has 4 heteroatoms. The van der Waals surface area contributed by atoms with Crippen LogP contribution < -0.4 is 5.32 Å². The molecule has 1 N–H and O–H groups in total. The highest BCUT2D eigenvalue weighted by Gasteiger charge is 2.08. The van der Waals surface area contributed by atoms with Gasteiger partial charge in [-0.3, -0.25) is 4.79 Å². The molecule has 2 aromatic carbocycles. The molecule has 0 aliphatic heterocycles. The van der Waals surface area contributed by atoms with Crippen molar-refractivity contribution in [2.45, 2.75) is 6.42 Å². The highest BCUT2D eigenvalue weighted by atomic mass is 16.1. The molecular weight excluding hydrogens is 262 g/mol. The summed E-state index contributed by atoms with van der Waals surface area (Å²) in [6.45, 7) is 0. The number of aromatic nitrogens is 2. The summed E-state index contributed by atoms with van der Waals surface area (Å²) >= 11 is 0. The van der Waals surface area contributed by atoms with Crippen molar-refractivity contribution in [3.8, 4) is 5.69 Å². The maximum atomic E-state index is 12.2. The average Bonchev–Trinajstić information content (AvgIpc) is 3.03. The Bertz CT molecular complexity index is 721. The lowest BCUT2D eigenvalue weighted by atomic mass is 10.1. The molecule has 4 nitrogen and oxygen atoms in total. The van der Waals surface area contributed by atoms with Crippen molar-refractivity contribution in [2.75, 3.05) is 5.32 Å². The lowest BCUT2D eigenvalue weighted by molar-refractivity contribution is -0.115. The summed E-state index contributed by atoms with van der Waals surface area (Å²) in [7, 11) is 0. The third-order valence-corrected chi connectivity index (χ3v) is 3.17. The molecule has 1 aromatic heterocycles. The monoisotopic (exact) mass is 277 g/mol. The molecule has 3 rings (SSSR count). The van der Waals surface area contributed by atoms with E-state index in [1.165, 1.54) is 0 Å². The first-order valence-corrected chi connectivity index (χ1v) is 6.74. The van der Waals surface area contributed by atoms with Crippen molar-refractivity contribution in [1.29, 1.82) is 0 Å². The number of anilines is 1. The summed E-state index contributed by atoms with van der Waals surface area (Å²) < 4.78 is 1.87. The van der Waals surface area contributed by atoms with E-state index in [2.05, 4.69) is 10.3 Å². The summed E-state index contributed by atoms with van der Waals surface area (Å²) in [5.74, 6) is -0.0336. The second-order valence-corrected chi connectivity index (χ2v) is 4.70. The van der Waals surface area contributed by atoms with Gasteiger partial charge in [0.25, 0.3) is 0 Å². The Morgan fingerprint density at radius 3 is 2.57 bits per heavy atom. The largest absolute Gasteiger partial charge is 0.324 e. The van der Waals surface area contributed by atoms with Crippen LogP contribution in [0.1, 0.15) is 5.56 Å². The molecule has 1 amide bonds. The Kier molecular flexibility index (Phi) is 3.78. The highest BCUT2D eigenvalue weighted by Crippen LogP contribution is 2.19. The van der Waals surface area contributed by atoms with Crippen LogP contribution in [0.15, 0.2) is 73.3 Å². The zero-order valence-electron chi connectivity index (χ0n) is 11.4. The Morgan fingerprint density at radius 2 is 1.81 bits per heavy atom. The van der Waals surface area contributed by atoms with Gasteiger partial charge in [0.05, 0.1) is 24.1 Å². The fraction of sp³-hybridized carbons (Fsp3) is 0.0588. The molecule has 0 spiro atoms. The number of para-hydroxylation sites is 2. The maximum Gasteiger partial charge on any atom is 0.228 e. The zero-order valence-corrected chi connectivity index (χ0v) is 11.4. The first-order valence-electron chi connectivity index (χ1n) is 6.74. The minimum atomic E-state index is -0.0336. The van der Waals surface area contributed by atoms with Gasteiger partial charge in [-0.05, 0) is 17.7 Å². The highest BCUT2D eigenvalue weighted by molar-refractivity contribution is 5.94. The summed E-state index contributed by atoms with van der Waals surface area (Å²) in [5, 5.41) is 2.96. The molecule has 0 unspecified atom stereocenters. The van der Waals surface area contributed by atoms with Gasteiger partial charge in [0, 0.05) is 12.4 Å². The minimum Gasteiger partial charge on any atom is -0.324 e. The Morgan fingerprint density at radius 1 is 1.05 bits per heavy atom. The van der Waals surface area contributed by atoms with Crippen LogP contribution in [0, 0.1) is 0 Å². The van der Waals surface area contributed by atoms with Gasteiger partial charge >= 0.3 is 0 Å². The van der Waals surface area contributed by atoms with E-state index < -0.39 is 0 Å². The van der Waals surface area contributed by atoms with Crippen molar-refractivity contribution in [2.24, 2.45) is 0 Å². The van der Waals surface area contributed by atoms with Crippen molar-refractivity contribution in [3.05, 3.63) is 78.9 Å². The molecule has 0 aliphatic carbocycles. The molecular formula is C17H15N3O. The Balaban J connectivity index is 1.78. The van der Waals surface area contributed by atoms with Crippen LogP contribution in [0.2, 0.25) is 0 Å². The molecule has 1 heterocycles. The normalized spacial score (nSPS) is 10.3. The molecule has 3 aromatic rings. The SMILES string of the molecule is O=C(Cc1ccccc1)Nc1ccccc1-n1ccnc1. The Hall–Kier alpha value is -2.88. The molecule has 0 bridgehead atoms. The van der Waals surface area contributed by atoms with Gasteiger partial charge in [0.15, 0.2) is 0 Å². The van der Waals surface area contributed by atoms with E-state index in [1.54, 1.807) is 12.5 Å². The molecule has 0 fully saturated rings. The lowest BCUT2D eigenvalue weighted by Gasteiger charge is -2.11. The molecule has 0 saturated heterocycles. The predicted molar refractivity (Wildman–Crippen MR) is 82.3 cm³/mol. The van der Waals surface area contributed by atoms with Gasteiger partial charge in [-0.15, -0.1) is 0 Å². The zero-order chi connectivity index (χ0) is 14.5. The van der Waals surface area contributed by atoms with Gasteiger partial charge < -0.3 is 9.88 Å². The third kappa shape index (κ3) is 3.17. The van der Waals surface area contributed by atoms with Gasteiger partial charge in [0.1, 0.15) is 0 Å². The summed E-state index contributed by atoms with van der Waals surface area (Å²) in [5.41, 5.74) is 2.67. The number of rotatable bonds is 4. The fourth-order valence-electron chi connectivity index (χ4n) is 2.18. The number of imidazole rings is 1. The molecule has 0 radical (unpaired) electrons. The predicted octanol–water partition coefficient (Wildman–Crippen LogP) is 3.05. The van der Waals surface area contributed by atoms with E-state index in [1.807, 2.05) is 65.4 Å². The van der Waals surface area contributed by atoms with Crippen LogP contribution in [0.3, 0.4) is 0 Å². The van der Waals surface area contributed by atoms with E-state index >= 15 is 0 Å². The quantitative estimate of drug-likeness (QED) is 0.796. The molecule has 0 saturated carbocycles. The number of nitrogens with one attached hydrogen (secondary N) is 1. The van der Waals surface area contributed by atoms with Crippen molar-refractivity contribution < 1.29 is 4.79 Å². The minimum absolute atomic E-state index is 0.0336. The van der Waals surface area contributed by atoms with Gasteiger partial charge in [-0.1, -0.05) is 42.5 Å². The maximum absolute atomic E-state index is 12.2. The lowest BCUT2D eigenvalue weighted by Crippen LogP contribution is -2.15. The smallest absolute Gasteiger partial charge is 0.228 e. The third-order valence-electron chi connectivity index (χ3n) is 3.17. The van der Waals surface area contributed by atoms with Crippen LogP contribution >= 0.6 is 0 Å². The van der Waals surface area contributed by atoms with E-state index in [4.69, 9.17) is 0 Å². The average molecular weight is 277 g/mol. The van der Waals surface area contributed by atoms with Crippen molar-refractivity contribution in [3.63, 3.8) is 0 Å². The van der Waals surface area contributed by atoms with Gasteiger partial charge in [0.2, 0.25) is 5.91 Å². The molecule has 0 aliphatic rings. The number of carbonyl (C=O) groups excluding carboxylic acids is 1. The summed E-state index contributed by atoms with van der Waals surface area (Å²) in [4.78, 5) is 16.2. The molecule has 104 valence electrons. The number of benzene rings is 2. The van der Waals surface area contributed by atoms with E-state index in [0.717, 1.165) is 16.9 Å². The Labute approximate surface area is 123 Å². The topological polar surface area (TPSA) is 46.9 Å². The van der Waals surface area contributed by atoms with Crippen LogP contribution in [0.4, 0.5) is 5.69 Å². The first-order chi connectivity index (χ1) is 10.3. The number of hydrogen-bond donors (Lipinski definition) is 1. The van der Waals surface area contributed by atoms with Crippen LogP contribution in [-0.2, 0) is 11.2 Å². The van der Waals surface area contributed by atoms with E-state index in [9.17, 15) is 4.79 Å². The van der Waals surface area contributed by atoms with Crippen LogP contribution in [0.5, 0.6) is 0 Å². The number of amides is 1. The van der Waals surface area contributed by atoms with Gasteiger partial charge in [-0.25, -0.2) is 4.98 Å². The van der Waals surface area contributed by atoms with E-state index in [-0.39, 0.29) is 5.91 Å². The second kappa shape index (κ2) is 6.05. The van der Waals surface area contributed by atoms with Gasteiger partial charge in [-0.2, -0.15) is 0 Å². The second-order valence-electron chi connectivity index (χ2n) is 4.70. The summed E-state index contributed by atoms with van der Waals surface area (Å²) in [6.07, 6.45) is 5.63.